The van der Waals surface area contributed by atoms with Crippen LogP contribution in [0, 0.1) is 0 Å². The summed E-state index contributed by atoms with van der Waals surface area (Å²) in [6.07, 6.45) is 0.974. The van der Waals surface area contributed by atoms with Crippen LogP contribution in [0.4, 0.5) is 0 Å². The van der Waals surface area contributed by atoms with Gasteiger partial charge >= 0.3 is 0 Å². The minimum atomic E-state index is -0.626. The van der Waals surface area contributed by atoms with E-state index < -0.39 is 5.72 Å². The van der Waals surface area contributed by atoms with Crippen molar-refractivity contribution in [3.05, 3.63) is 35.4 Å². The van der Waals surface area contributed by atoms with Gasteiger partial charge in [-0.1, -0.05) is 0 Å². The number of carbonyl (C=O) groups is 3. The van der Waals surface area contributed by atoms with Crippen LogP contribution in [0.5, 0.6) is 0 Å². The predicted molar refractivity (Wildman–Crippen MR) is 97.6 cm³/mol. The summed E-state index contributed by atoms with van der Waals surface area (Å²) in [5.74, 6) is -0.0948. The van der Waals surface area contributed by atoms with E-state index in [9.17, 15) is 14.4 Å². The van der Waals surface area contributed by atoms with Crippen LogP contribution in [0.1, 0.15) is 33.6 Å². The molecule has 1 aromatic rings. The molecule has 3 amide bonds. The Labute approximate surface area is 163 Å². The zero-order valence-electron chi connectivity index (χ0n) is 15.6. The molecule has 1 aromatic carbocycles. The van der Waals surface area contributed by atoms with Gasteiger partial charge in [-0.05, 0) is 24.3 Å². The molecule has 28 heavy (non-hydrogen) atoms. The second-order valence-corrected chi connectivity index (χ2v) is 7.69. The van der Waals surface area contributed by atoms with Crippen LogP contribution < -0.4 is 0 Å². The maximum atomic E-state index is 13.1. The normalized spacial score (nSPS) is 29.2. The number of hydrogen-bond donors (Lipinski definition) is 0. The van der Waals surface area contributed by atoms with Gasteiger partial charge in [0.05, 0.1) is 32.3 Å². The van der Waals surface area contributed by atoms with Crippen LogP contribution >= 0.6 is 0 Å². The second-order valence-electron chi connectivity index (χ2n) is 7.69. The SMILES string of the molecule is O=C(c1ccc(C(=O)N2CC[C@@]34OCCN3C(=O)C[C@@H]24)cc1)N1CCOCC1. The molecule has 5 rings (SSSR count). The number of nitrogens with zero attached hydrogens (tertiary/aromatic N) is 3. The van der Waals surface area contributed by atoms with Crippen molar-refractivity contribution in [1.29, 1.82) is 0 Å². The number of morpholine rings is 1. The summed E-state index contributed by atoms with van der Waals surface area (Å²) < 4.78 is 11.2. The van der Waals surface area contributed by atoms with E-state index in [0.717, 1.165) is 0 Å². The molecule has 0 radical (unpaired) electrons. The number of amides is 3. The van der Waals surface area contributed by atoms with E-state index >= 15 is 0 Å². The first kappa shape index (κ1) is 17.6. The van der Waals surface area contributed by atoms with E-state index in [1.807, 2.05) is 0 Å². The molecule has 0 saturated carbocycles. The van der Waals surface area contributed by atoms with Crippen molar-refractivity contribution in [1.82, 2.24) is 14.7 Å². The van der Waals surface area contributed by atoms with Crippen LogP contribution in [0.2, 0.25) is 0 Å². The number of likely N-dealkylation sites (tertiary alicyclic amines) is 1. The maximum Gasteiger partial charge on any atom is 0.254 e. The third kappa shape index (κ3) is 2.55. The molecular formula is C20H23N3O5. The van der Waals surface area contributed by atoms with Gasteiger partial charge in [-0.2, -0.15) is 0 Å². The van der Waals surface area contributed by atoms with Gasteiger partial charge in [-0.25, -0.2) is 0 Å². The molecule has 8 heteroatoms. The largest absolute Gasteiger partial charge is 0.378 e. The first-order valence-electron chi connectivity index (χ1n) is 9.83. The van der Waals surface area contributed by atoms with Crippen LogP contribution in [0.15, 0.2) is 24.3 Å². The number of rotatable bonds is 2. The molecule has 0 unspecified atom stereocenters. The van der Waals surface area contributed by atoms with Crippen molar-refractivity contribution in [3.8, 4) is 0 Å². The molecule has 0 aromatic heterocycles. The summed E-state index contributed by atoms with van der Waals surface area (Å²) in [7, 11) is 0. The zero-order chi connectivity index (χ0) is 19.3. The third-order valence-corrected chi connectivity index (χ3v) is 6.34. The van der Waals surface area contributed by atoms with Crippen molar-refractivity contribution in [2.24, 2.45) is 0 Å². The van der Waals surface area contributed by atoms with Crippen LogP contribution in [-0.4, -0.2) is 90.2 Å². The Bertz CT molecular complexity index is 820. The Hall–Kier alpha value is -2.45. The van der Waals surface area contributed by atoms with Crippen molar-refractivity contribution in [2.75, 3.05) is 46.0 Å². The van der Waals surface area contributed by atoms with Crippen LogP contribution in [0.25, 0.3) is 0 Å². The Kier molecular flexibility index (Phi) is 4.13. The third-order valence-electron chi connectivity index (χ3n) is 6.34. The molecule has 0 bridgehead atoms. The average Bonchev–Trinajstić information content (AvgIpc) is 3.39. The average molecular weight is 385 g/mol. The highest BCUT2D eigenvalue weighted by Gasteiger charge is 2.62. The summed E-state index contributed by atoms with van der Waals surface area (Å²) >= 11 is 0. The minimum absolute atomic E-state index is 0.0428. The zero-order valence-corrected chi connectivity index (χ0v) is 15.6. The standard InChI is InChI=1S/C20H23N3O5/c24-17-13-16-20(23(17)9-12-28-20)5-6-22(16)19(26)15-3-1-14(2-4-15)18(25)21-7-10-27-11-8-21/h1-4,16H,5-13H2/t16-,20+/m1/s1. The number of benzene rings is 1. The Balaban J connectivity index is 1.32. The molecule has 4 aliphatic heterocycles. The fourth-order valence-electron chi connectivity index (χ4n) is 4.90. The summed E-state index contributed by atoms with van der Waals surface area (Å²) in [4.78, 5) is 43.3. The topological polar surface area (TPSA) is 79.4 Å². The highest BCUT2D eigenvalue weighted by Crippen LogP contribution is 2.45. The molecule has 4 heterocycles. The quantitative estimate of drug-likeness (QED) is 0.733. The first-order valence-corrected chi connectivity index (χ1v) is 9.83. The first-order chi connectivity index (χ1) is 13.6. The van der Waals surface area contributed by atoms with Crippen molar-refractivity contribution in [3.63, 3.8) is 0 Å². The molecule has 0 aliphatic carbocycles. The van der Waals surface area contributed by atoms with Gasteiger partial charge in [-0.15, -0.1) is 0 Å². The van der Waals surface area contributed by atoms with E-state index in [2.05, 4.69) is 0 Å². The van der Waals surface area contributed by atoms with Crippen molar-refractivity contribution < 1.29 is 23.9 Å². The molecule has 4 aliphatic rings. The molecule has 148 valence electrons. The molecule has 4 fully saturated rings. The van der Waals surface area contributed by atoms with Gasteiger partial charge in [0.25, 0.3) is 11.8 Å². The fourth-order valence-corrected chi connectivity index (χ4v) is 4.90. The van der Waals surface area contributed by atoms with E-state index in [0.29, 0.717) is 70.0 Å². The molecule has 4 saturated heterocycles. The highest BCUT2D eigenvalue weighted by molar-refractivity contribution is 5.98. The fraction of sp³-hybridized carbons (Fsp3) is 0.550. The number of carbonyl (C=O) groups excluding carboxylic acids is 3. The minimum Gasteiger partial charge on any atom is -0.378 e. The lowest BCUT2D eigenvalue weighted by molar-refractivity contribution is -0.136. The molecular weight excluding hydrogens is 362 g/mol. The van der Waals surface area contributed by atoms with Gasteiger partial charge < -0.3 is 24.2 Å². The van der Waals surface area contributed by atoms with E-state index in [1.54, 1.807) is 39.0 Å². The van der Waals surface area contributed by atoms with Gasteiger partial charge in [-0.3, -0.25) is 14.4 Å². The van der Waals surface area contributed by atoms with E-state index in [-0.39, 0.29) is 23.8 Å². The van der Waals surface area contributed by atoms with Crippen molar-refractivity contribution >= 4 is 17.7 Å². The van der Waals surface area contributed by atoms with Gasteiger partial charge in [0.1, 0.15) is 0 Å². The molecule has 2 atom stereocenters. The molecule has 0 N–H and O–H groups in total. The Morgan fingerprint density at radius 2 is 1.61 bits per heavy atom. The monoisotopic (exact) mass is 385 g/mol. The summed E-state index contributed by atoms with van der Waals surface area (Å²) in [6.45, 7) is 3.99. The summed E-state index contributed by atoms with van der Waals surface area (Å²) in [5, 5.41) is 0. The summed E-state index contributed by atoms with van der Waals surface area (Å²) in [6, 6.07) is 6.57. The van der Waals surface area contributed by atoms with E-state index in [4.69, 9.17) is 9.47 Å². The van der Waals surface area contributed by atoms with Crippen LogP contribution in [0.3, 0.4) is 0 Å². The predicted octanol–water partition coefficient (Wildman–Crippen LogP) is 0.332. The van der Waals surface area contributed by atoms with Gasteiger partial charge in [0.2, 0.25) is 5.91 Å². The van der Waals surface area contributed by atoms with Crippen molar-refractivity contribution in [2.45, 2.75) is 24.6 Å². The lowest BCUT2D eigenvalue weighted by Gasteiger charge is -2.31. The maximum absolute atomic E-state index is 13.1. The summed E-state index contributed by atoms with van der Waals surface area (Å²) in [5.41, 5.74) is 0.469. The lowest BCUT2D eigenvalue weighted by atomic mass is 10.1. The second kappa shape index (κ2) is 6.56. The van der Waals surface area contributed by atoms with Crippen LogP contribution in [-0.2, 0) is 14.3 Å². The van der Waals surface area contributed by atoms with Gasteiger partial charge in [0.15, 0.2) is 5.72 Å². The lowest BCUT2D eigenvalue weighted by Crippen LogP contribution is -2.48. The Morgan fingerprint density at radius 1 is 0.929 bits per heavy atom. The number of hydrogen-bond acceptors (Lipinski definition) is 5. The molecule has 8 nitrogen and oxygen atoms in total. The highest BCUT2D eigenvalue weighted by atomic mass is 16.5. The smallest absolute Gasteiger partial charge is 0.254 e. The van der Waals surface area contributed by atoms with E-state index in [1.165, 1.54) is 0 Å². The number of ether oxygens (including phenoxy) is 2. The van der Waals surface area contributed by atoms with Gasteiger partial charge in [0, 0.05) is 43.7 Å². The molecule has 1 spiro atoms. The Morgan fingerprint density at radius 3 is 2.32 bits per heavy atom.